The maximum absolute atomic E-state index is 13.6. The van der Waals surface area contributed by atoms with Crippen LogP contribution in [0.5, 0.6) is 11.5 Å². The van der Waals surface area contributed by atoms with Gasteiger partial charge in [-0.2, -0.15) is 0 Å². The number of Topliss-reactive ketones (excluding diaryl/α,β-unsaturated/α-hetero) is 1. The highest BCUT2D eigenvalue weighted by atomic mass is 19.1. The number of hydrogen-bond acceptors (Lipinski definition) is 5. The largest absolute Gasteiger partial charge is 0.494 e. The highest BCUT2D eigenvalue weighted by molar-refractivity contribution is 5.97. The van der Waals surface area contributed by atoms with Crippen molar-refractivity contribution in [1.29, 1.82) is 0 Å². The highest BCUT2D eigenvalue weighted by Gasteiger charge is 2.11. The average molecular weight is 328 g/mol. The molecule has 3 rings (SSSR count). The van der Waals surface area contributed by atoms with E-state index in [1.807, 2.05) is 0 Å². The lowest BCUT2D eigenvalue weighted by atomic mass is 10.1. The lowest BCUT2D eigenvalue weighted by molar-refractivity contribution is 0.0921. The number of carbonyl (C=O) groups excluding carboxylic acids is 1. The van der Waals surface area contributed by atoms with Crippen molar-refractivity contribution in [2.45, 2.75) is 0 Å². The zero-order valence-electron chi connectivity index (χ0n) is 12.7. The summed E-state index contributed by atoms with van der Waals surface area (Å²) in [4.78, 5) is 23.3. The third kappa shape index (κ3) is 3.27. The first-order valence-electron chi connectivity index (χ1n) is 7.10. The molecule has 0 spiro atoms. The van der Waals surface area contributed by atoms with Gasteiger partial charge in [0.05, 0.1) is 7.11 Å². The van der Waals surface area contributed by atoms with Gasteiger partial charge in [0, 0.05) is 23.1 Å². The molecule has 122 valence electrons. The Balaban J connectivity index is 1.74. The molecular weight excluding hydrogens is 315 g/mol. The molecule has 0 aliphatic heterocycles. The number of fused-ring (bicyclic) bond motifs is 1. The molecule has 2 aromatic carbocycles. The Bertz CT molecular complexity index is 961. The Kier molecular flexibility index (Phi) is 4.29. The standard InChI is InChI=1S/C18H13FO5/c1-22-16-6-3-12(8-14(16)19)15(20)10-23-13-5-2-11-4-7-18(21)24-17(11)9-13/h2-9H,10H2,1H3. The molecular formula is C18H13FO5. The zero-order valence-corrected chi connectivity index (χ0v) is 12.7. The number of ether oxygens (including phenoxy) is 2. The molecule has 6 heteroatoms. The van der Waals surface area contributed by atoms with Crippen molar-refractivity contribution in [2.75, 3.05) is 13.7 Å². The molecule has 0 N–H and O–H groups in total. The topological polar surface area (TPSA) is 65.7 Å². The molecule has 0 aliphatic rings. The van der Waals surface area contributed by atoms with Crippen molar-refractivity contribution in [3.05, 3.63) is 70.3 Å². The van der Waals surface area contributed by atoms with E-state index in [2.05, 4.69) is 0 Å². The molecule has 0 bridgehead atoms. The van der Waals surface area contributed by atoms with Crippen LogP contribution in [0.1, 0.15) is 10.4 Å². The van der Waals surface area contributed by atoms with Crippen molar-refractivity contribution in [2.24, 2.45) is 0 Å². The number of halogens is 1. The van der Waals surface area contributed by atoms with E-state index in [0.717, 1.165) is 11.5 Å². The van der Waals surface area contributed by atoms with Gasteiger partial charge in [-0.05, 0) is 36.4 Å². The fourth-order valence-electron chi connectivity index (χ4n) is 2.20. The second-order valence-electron chi connectivity index (χ2n) is 5.02. The molecule has 0 aliphatic carbocycles. The van der Waals surface area contributed by atoms with E-state index in [-0.39, 0.29) is 23.7 Å². The predicted molar refractivity (Wildman–Crippen MR) is 85.3 cm³/mol. The van der Waals surface area contributed by atoms with Crippen LogP contribution >= 0.6 is 0 Å². The number of rotatable bonds is 5. The van der Waals surface area contributed by atoms with Gasteiger partial charge in [0.15, 0.2) is 24.0 Å². The van der Waals surface area contributed by atoms with Crippen molar-refractivity contribution in [1.82, 2.24) is 0 Å². The van der Waals surface area contributed by atoms with Gasteiger partial charge in [-0.1, -0.05) is 0 Å². The number of methoxy groups -OCH3 is 1. The summed E-state index contributed by atoms with van der Waals surface area (Å²) in [5.74, 6) is -0.557. The summed E-state index contributed by atoms with van der Waals surface area (Å²) < 4.78 is 28.9. The SMILES string of the molecule is COc1ccc(C(=O)COc2ccc3ccc(=O)oc3c2)cc1F. The summed E-state index contributed by atoms with van der Waals surface area (Å²) in [6.45, 7) is -0.270. The predicted octanol–water partition coefficient (Wildman–Crippen LogP) is 3.20. The molecule has 0 saturated heterocycles. The third-order valence-corrected chi connectivity index (χ3v) is 3.44. The second kappa shape index (κ2) is 6.54. The lowest BCUT2D eigenvalue weighted by Crippen LogP contribution is -2.12. The van der Waals surface area contributed by atoms with Gasteiger partial charge >= 0.3 is 5.63 Å². The molecule has 5 nitrogen and oxygen atoms in total. The monoisotopic (exact) mass is 328 g/mol. The fraction of sp³-hybridized carbons (Fsp3) is 0.111. The molecule has 1 heterocycles. The van der Waals surface area contributed by atoms with Gasteiger partial charge in [-0.3, -0.25) is 4.79 Å². The van der Waals surface area contributed by atoms with Crippen LogP contribution in [0.25, 0.3) is 11.0 Å². The van der Waals surface area contributed by atoms with Crippen molar-refractivity contribution < 1.29 is 23.1 Å². The van der Waals surface area contributed by atoms with E-state index in [1.54, 1.807) is 18.2 Å². The Morgan fingerprint density at radius 1 is 1.12 bits per heavy atom. The number of hydrogen-bond donors (Lipinski definition) is 0. The van der Waals surface area contributed by atoms with Crippen molar-refractivity contribution in [3.8, 4) is 11.5 Å². The highest BCUT2D eigenvalue weighted by Crippen LogP contribution is 2.21. The van der Waals surface area contributed by atoms with Gasteiger partial charge in [0.1, 0.15) is 11.3 Å². The van der Waals surface area contributed by atoms with E-state index >= 15 is 0 Å². The Hall–Kier alpha value is -3.15. The van der Waals surface area contributed by atoms with Gasteiger partial charge in [0.2, 0.25) is 0 Å². The summed E-state index contributed by atoms with van der Waals surface area (Å²) in [5, 5.41) is 0.741. The van der Waals surface area contributed by atoms with E-state index in [9.17, 15) is 14.0 Å². The van der Waals surface area contributed by atoms with Crippen LogP contribution in [0.15, 0.2) is 57.7 Å². The number of carbonyl (C=O) groups is 1. The first kappa shape index (κ1) is 15.7. The minimum Gasteiger partial charge on any atom is -0.494 e. The summed E-state index contributed by atoms with van der Waals surface area (Å²) in [6, 6.07) is 11.8. The number of ketones is 1. The third-order valence-electron chi connectivity index (χ3n) is 3.44. The fourth-order valence-corrected chi connectivity index (χ4v) is 2.20. The summed E-state index contributed by atoms with van der Waals surface area (Å²) in [6.07, 6.45) is 0. The molecule has 1 aromatic heterocycles. The summed E-state index contributed by atoms with van der Waals surface area (Å²) in [5.41, 5.74) is 0.0768. The van der Waals surface area contributed by atoms with Gasteiger partial charge in [0.25, 0.3) is 0 Å². The first-order chi connectivity index (χ1) is 11.6. The van der Waals surface area contributed by atoms with Crippen LogP contribution in [0.2, 0.25) is 0 Å². The Labute approximate surface area is 136 Å². The van der Waals surface area contributed by atoms with Gasteiger partial charge < -0.3 is 13.9 Å². The van der Waals surface area contributed by atoms with Gasteiger partial charge in [-0.15, -0.1) is 0 Å². The smallest absolute Gasteiger partial charge is 0.336 e. The van der Waals surface area contributed by atoms with E-state index in [1.165, 1.54) is 31.4 Å². The molecule has 0 saturated carbocycles. The molecule has 24 heavy (non-hydrogen) atoms. The maximum atomic E-state index is 13.6. The lowest BCUT2D eigenvalue weighted by Gasteiger charge is -2.07. The molecule has 0 unspecified atom stereocenters. The minimum atomic E-state index is -0.615. The molecule has 0 fully saturated rings. The first-order valence-corrected chi connectivity index (χ1v) is 7.10. The maximum Gasteiger partial charge on any atom is 0.336 e. The molecule has 3 aromatic rings. The van der Waals surface area contributed by atoms with Crippen LogP contribution in [-0.2, 0) is 0 Å². The van der Waals surface area contributed by atoms with Gasteiger partial charge in [-0.25, -0.2) is 9.18 Å². The second-order valence-corrected chi connectivity index (χ2v) is 5.02. The average Bonchev–Trinajstić information content (AvgIpc) is 2.59. The van der Waals surface area contributed by atoms with Crippen LogP contribution in [-0.4, -0.2) is 19.5 Å². The van der Waals surface area contributed by atoms with Crippen molar-refractivity contribution >= 4 is 16.8 Å². The van der Waals surface area contributed by atoms with Crippen LogP contribution < -0.4 is 15.1 Å². The van der Waals surface area contributed by atoms with Crippen molar-refractivity contribution in [3.63, 3.8) is 0 Å². The quantitative estimate of drug-likeness (QED) is 0.531. The zero-order chi connectivity index (χ0) is 17.1. The van der Waals surface area contributed by atoms with Crippen LogP contribution in [0, 0.1) is 5.82 Å². The Morgan fingerprint density at radius 3 is 2.67 bits per heavy atom. The molecule has 0 radical (unpaired) electrons. The van der Waals surface area contributed by atoms with E-state index < -0.39 is 11.4 Å². The molecule has 0 amide bonds. The Morgan fingerprint density at radius 2 is 1.92 bits per heavy atom. The van der Waals surface area contributed by atoms with Crippen LogP contribution in [0.4, 0.5) is 4.39 Å². The minimum absolute atomic E-state index is 0.0667. The van der Waals surface area contributed by atoms with Crippen LogP contribution in [0.3, 0.4) is 0 Å². The summed E-state index contributed by atoms with van der Waals surface area (Å²) in [7, 11) is 1.35. The van der Waals surface area contributed by atoms with E-state index in [0.29, 0.717) is 11.3 Å². The molecule has 0 atom stereocenters. The van der Waals surface area contributed by atoms with E-state index in [4.69, 9.17) is 13.9 Å². The summed E-state index contributed by atoms with van der Waals surface area (Å²) >= 11 is 0. The number of benzene rings is 2. The normalized spacial score (nSPS) is 10.6.